The van der Waals surface area contributed by atoms with Gasteiger partial charge in [0.05, 0.1) is 41.7 Å². The molecule has 254 valence electrons. The molecule has 0 unspecified atom stereocenters. The molecule has 47 heavy (non-hydrogen) atoms. The van der Waals surface area contributed by atoms with Crippen molar-refractivity contribution in [2.24, 2.45) is 5.92 Å². The number of nitrogens with zero attached hydrogens (tertiary/aromatic N) is 2. The number of sulfonamides is 1. The minimum atomic E-state index is -3.77. The molecule has 4 atom stereocenters. The minimum Gasteiger partial charge on any atom is -0.490 e. The van der Waals surface area contributed by atoms with Gasteiger partial charge >= 0.3 is 0 Å². The summed E-state index contributed by atoms with van der Waals surface area (Å²) in [5.41, 5.74) is 1.58. The summed E-state index contributed by atoms with van der Waals surface area (Å²) in [5.74, 6) is -0.505. The van der Waals surface area contributed by atoms with Crippen LogP contribution in [0.2, 0.25) is 0 Å². The SMILES string of the molecule is C[C@H]1CCCCO[C@H](CN(C)S(=O)(=O)c2ccccc2)[C@@H](C)CN([C@@H](C)CO)C(=O)c2cc(NC(=O)Cc3ccccc3)ccc2O1. The second kappa shape index (κ2) is 16.9. The number of hydrogen-bond acceptors (Lipinski definition) is 7. The van der Waals surface area contributed by atoms with Crippen molar-refractivity contribution < 1.29 is 32.6 Å². The molecule has 1 heterocycles. The minimum absolute atomic E-state index is 0.0849. The molecule has 11 heteroatoms. The molecule has 10 nitrogen and oxygen atoms in total. The number of rotatable bonds is 9. The van der Waals surface area contributed by atoms with Gasteiger partial charge in [-0.2, -0.15) is 4.31 Å². The fourth-order valence-electron chi connectivity index (χ4n) is 5.57. The summed E-state index contributed by atoms with van der Waals surface area (Å²) < 4.78 is 40.6. The van der Waals surface area contributed by atoms with Crippen LogP contribution in [0.3, 0.4) is 0 Å². The maximum absolute atomic E-state index is 14.3. The first-order valence-corrected chi connectivity index (χ1v) is 17.6. The van der Waals surface area contributed by atoms with Crippen molar-refractivity contribution in [3.05, 3.63) is 90.0 Å². The first kappa shape index (κ1) is 36.1. The summed E-state index contributed by atoms with van der Waals surface area (Å²) in [4.78, 5) is 29.0. The highest BCUT2D eigenvalue weighted by Gasteiger charge is 2.32. The van der Waals surface area contributed by atoms with Gasteiger partial charge in [0.2, 0.25) is 15.9 Å². The Kier molecular flexibility index (Phi) is 12.9. The van der Waals surface area contributed by atoms with Crippen LogP contribution in [0.4, 0.5) is 5.69 Å². The van der Waals surface area contributed by atoms with E-state index in [0.717, 1.165) is 18.4 Å². The van der Waals surface area contributed by atoms with Gasteiger partial charge in [-0.1, -0.05) is 55.5 Å². The highest BCUT2D eigenvalue weighted by molar-refractivity contribution is 7.89. The zero-order chi connectivity index (χ0) is 34.0. The molecule has 2 N–H and O–H groups in total. The van der Waals surface area contributed by atoms with Crippen LogP contribution in [0.5, 0.6) is 5.75 Å². The van der Waals surface area contributed by atoms with Crippen molar-refractivity contribution in [2.75, 3.05) is 38.7 Å². The van der Waals surface area contributed by atoms with E-state index < -0.39 is 22.2 Å². The number of ether oxygens (including phenoxy) is 2. The van der Waals surface area contributed by atoms with Crippen LogP contribution in [0.25, 0.3) is 0 Å². The number of aliphatic hydroxyl groups is 1. The molecule has 1 aliphatic heterocycles. The predicted octanol–water partition coefficient (Wildman–Crippen LogP) is 4.98. The van der Waals surface area contributed by atoms with Gasteiger partial charge in [0.15, 0.2) is 0 Å². The van der Waals surface area contributed by atoms with Gasteiger partial charge in [0.1, 0.15) is 5.75 Å². The Morgan fingerprint density at radius 1 is 1.04 bits per heavy atom. The van der Waals surface area contributed by atoms with Gasteiger partial charge in [0.25, 0.3) is 5.91 Å². The summed E-state index contributed by atoms with van der Waals surface area (Å²) in [7, 11) is -2.23. The zero-order valence-corrected chi connectivity index (χ0v) is 28.5. The molecule has 0 aliphatic carbocycles. The highest BCUT2D eigenvalue weighted by atomic mass is 32.2. The van der Waals surface area contributed by atoms with E-state index in [1.807, 2.05) is 44.2 Å². The fraction of sp³-hybridized carbons (Fsp3) is 0.444. The van der Waals surface area contributed by atoms with Gasteiger partial charge < -0.3 is 24.8 Å². The number of nitrogens with one attached hydrogen (secondary N) is 1. The van der Waals surface area contributed by atoms with E-state index in [-0.39, 0.29) is 60.4 Å². The van der Waals surface area contributed by atoms with Crippen molar-refractivity contribution in [1.82, 2.24) is 9.21 Å². The van der Waals surface area contributed by atoms with E-state index in [4.69, 9.17) is 9.47 Å². The van der Waals surface area contributed by atoms with Gasteiger partial charge in [0, 0.05) is 38.3 Å². The topological polar surface area (TPSA) is 125 Å². The van der Waals surface area contributed by atoms with Gasteiger partial charge in [-0.3, -0.25) is 9.59 Å². The van der Waals surface area contributed by atoms with Crippen LogP contribution in [0, 0.1) is 5.92 Å². The lowest BCUT2D eigenvalue weighted by molar-refractivity contribution is -0.115. The second-order valence-corrected chi connectivity index (χ2v) is 14.4. The number of hydrogen-bond donors (Lipinski definition) is 2. The number of aliphatic hydroxyl groups excluding tert-OH is 1. The summed E-state index contributed by atoms with van der Waals surface area (Å²) in [6.45, 7) is 6.03. The van der Waals surface area contributed by atoms with E-state index in [2.05, 4.69) is 5.32 Å². The standard InChI is InChI=1S/C36H47N3O7S/c1-26-23-39(27(2)25-40)36(42)32-22-30(37-35(41)21-29-14-7-5-8-15-29)18-19-33(32)46-28(3)13-11-12-20-45-34(26)24-38(4)47(43,44)31-16-9-6-10-17-31/h5-10,14-19,22,26-28,34,40H,11-13,20-21,23-25H2,1-4H3,(H,37,41)/t26-,27-,28-,34+/m0/s1. The number of likely N-dealkylation sites (N-methyl/N-ethyl adjacent to an activating group) is 1. The lowest BCUT2D eigenvalue weighted by Crippen LogP contribution is -2.48. The second-order valence-electron chi connectivity index (χ2n) is 12.3. The van der Waals surface area contributed by atoms with Crippen molar-refractivity contribution in [3.8, 4) is 5.75 Å². The van der Waals surface area contributed by atoms with Crippen LogP contribution >= 0.6 is 0 Å². The largest absolute Gasteiger partial charge is 0.490 e. The Hall–Kier alpha value is -3.77. The van der Waals surface area contributed by atoms with E-state index in [0.29, 0.717) is 24.5 Å². The number of benzene rings is 3. The molecule has 2 amide bonds. The smallest absolute Gasteiger partial charge is 0.258 e. The Balaban J connectivity index is 1.63. The molecule has 0 aromatic heterocycles. The van der Waals surface area contributed by atoms with Crippen molar-refractivity contribution in [1.29, 1.82) is 0 Å². The first-order valence-electron chi connectivity index (χ1n) is 16.2. The monoisotopic (exact) mass is 665 g/mol. The number of carbonyl (C=O) groups excluding carboxylic acids is 2. The third-order valence-corrected chi connectivity index (χ3v) is 10.3. The third-order valence-electron chi connectivity index (χ3n) is 8.43. The van der Waals surface area contributed by atoms with Gasteiger partial charge in [-0.05, 0) is 69.0 Å². The molecule has 0 saturated heterocycles. The summed E-state index contributed by atoms with van der Waals surface area (Å²) in [6, 6.07) is 22.1. The van der Waals surface area contributed by atoms with Crippen molar-refractivity contribution in [3.63, 3.8) is 0 Å². The zero-order valence-electron chi connectivity index (χ0n) is 27.7. The molecular weight excluding hydrogens is 618 g/mol. The summed E-state index contributed by atoms with van der Waals surface area (Å²) >= 11 is 0. The van der Waals surface area contributed by atoms with E-state index in [1.54, 1.807) is 60.4 Å². The predicted molar refractivity (Wildman–Crippen MR) is 182 cm³/mol. The number of fused-ring (bicyclic) bond motifs is 1. The quantitative estimate of drug-likeness (QED) is 0.330. The van der Waals surface area contributed by atoms with E-state index in [1.165, 1.54) is 11.4 Å². The maximum Gasteiger partial charge on any atom is 0.258 e. The Labute approximate surface area is 278 Å². The molecule has 0 fully saturated rings. The molecular formula is C36H47N3O7S. The average molecular weight is 666 g/mol. The molecule has 0 spiro atoms. The van der Waals surface area contributed by atoms with Crippen LogP contribution in [0.1, 0.15) is 56.0 Å². The summed E-state index contributed by atoms with van der Waals surface area (Å²) in [5, 5.41) is 13.1. The van der Waals surface area contributed by atoms with Crippen molar-refractivity contribution in [2.45, 2.75) is 69.6 Å². The van der Waals surface area contributed by atoms with Crippen LogP contribution < -0.4 is 10.1 Å². The van der Waals surface area contributed by atoms with Crippen molar-refractivity contribution >= 4 is 27.5 Å². The summed E-state index contributed by atoms with van der Waals surface area (Å²) in [6.07, 6.45) is 1.72. The van der Waals surface area contributed by atoms with E-state index >= 15 is 0 Å². The lowest BCUT2D eigenvalue weighted by Gasteiger charge is -2.35. The molecule has 1 aliphatic rings. The average Bonchev–Trinajstić information content (AvgIpc) is 3.06. The Morgan fingerprint density at radius 2 is 1.72 bits per heavy atom. The lowest BCUT2D eigenvalue weighted by atomic mass is 10.0. The first-order chi connectivity index (χ1) is 22.5. The van der Waals surface area contributed by atoms with Crippen LogP contribution in [-0.4, -0.2) is 86.1 Å². The number of carbonyl (C=O) groups is 2. The van der Waals surface area contributed by atoms with Gasteiger partial charge in [-0.15, -0.1) is 0 Å². The maximum atomic E-state index is 14.3. The number of amides is 2. The highest BCUT2D eigenvalue weighted by Crippen LogP contribution is 2.29. The normalized spacial score (nSPS) is 20.5. The Morgan fingerprint density at radius 3 is 2.40 bits per heavy atom. The molecule has 0 saturated carbocycles. The molecule has 4 rings (SSSR count). The Bertz CT molecular complexity index is 1570. The van der Waals surface area contributed by atoms with Crippen LogP contribution in [0.15, 0.2) is 83.8 Å². The fourth-order valence-corrected chi connectivity index (χ4v) is 6.78. The van der Waals surface area contributed by atoms with Crippen LogP contribution in [-0.2, 0) is 26.0 Å². The molecule has 3 aromatic rings. The molecule has 3 aromatic carbocycles. The third kappa shape index (κ3) is 9.87. The van der Waals surface area contributed by atoms with E-state index in [9.17, 15) is 23.1 Å². The molecule has 0 radical (unpaired) electrons. The number of anilines is 1. The molecule has 0 bridgehead atoms. The van der Waals surface area contributed by atoms with Gasteiger partial charge in [-0.25, -0.2) is 8.42 Å².